The summed E-state index contributed by atoms with van der Waals surface area (Å²) in [5, 5.41) is 0. The van der Waals surface area contributed by atoms with Gasteiger partial charge in [-0.2, -0.15) is 4.99 Å². The van der Waals surface area contributed by atoms with Crippen LogP contribution in [0.2, 0.25) is 0 Å². The maximum Gasteiger partial charge on any atom is 0.251 e. The number of hydrogen-bond acceptors (Lipinski definition) is 5. The smallest absolute Gasteiger partial charge is 0.251 e. The van der Waals surface area contributed by atoms with E-state index in [9.17, 15) is 13.2 Å². The van der Waals surface area contributed by atoms with Crippen molar-refractivity contribution >= 4 is 37.3 Å². The monoisotopic (exact) mass is 382 g/mol. The minimum absolute atomic E-state index is 0.0210. The second-order valence-electron chi connectivity index (χ2n) is 6.36. The minimum atomic E-state index is -3.28. The van der Waals surface area contributed by atoms with Crippen molar-refractivity contribution in [2.45, 2.75) is 37.1 Å². The molecule has 0 aliphatic heterocycles. The Balaban J connectivity index is 2.10. The summed E-state index contributed by atoms with van der Waals surface area (Å²) >= 11 is 1.35. The molecule has 0 bridgehead atoms. The van der Waals surface area contributed by atoms with Gasteiger partial charge in [-0.1, -0.05) is 24.2 Å². The molecule has 0 N–H and O–H groups in total. The van der Waals surface area contributed by atoms with E-state index in [1.807, 2.05) is 4.57 Å². The largest absolute Gasteiger partial charge is 0.383 e. The summed E-state index contributed by atoms with van der Waals surface area (Å²) in [4.78, 5) is 17.7. The number of sulfone groups is 1. The molecule has 0 unspecified atom stereocenters. The number of benzene rings is 1. The van der Waals surface area contributed by atoms with Gasteiger partial charge in [0, 0.05) is 25.8 Å². The van der Waals surface area contributed by atoms with E-state index in [1.165, 1.54) is 17.6 Å². The fourth-order valence-corrected chi connectivity index (χ4v) is 4.95. The van der Waals surface area contributed by atoms with Gasteiger partial charge in [-0.3, -0.25) is 4.79 Å². The number of carbonyl (C=O) groups is 1. The van der Waals surface area contributed by atoms with Crippen LogP contribution in [0.15, 0.2) is 28.1 Å². The zero-order valence-corrected chi connectivity index (χ0v) is 16.0. The maximum atomic E-state index is 12.4. The number of thiazole rings is 1. The molecule has 1 aromatic carbocycles. The van der Waals surface area contributed by atoms with Gasteiger partial charge in [-0.05, 0) is 31.0 Å². The van der Waals surface area contributed by atoms with E-state index in [4.69, 9.17) is 4.74 Å². The molecule has 1 fully saturated rings. The number of hydrogen-bond donors (Lipinski definition) is 0. The summed E-state index contributed by atoms with van der Waals surface area (Å²) in [5.41, 5.74) is 0.868. The molecule has 1 aliphatic rings. The van der Waals surface area contributed by atoms with Gasteiger partial charge < -0.3 is 9.30 Å². The molecule has 1 aromatic heterocycles. The van der Waals surface area contributed by atoms with Crippen molar-refractivity contribution in [3.05, 3.63) is 23.0 Å². The Morgan fingerprint density at radius 2 is 2.08 bits per heavy atom. The normalized spacial score (nSPS) is 16.8. The summed E-state index contributed by atoms with van der Waals surface area (Å²) in [6, 6.07) is 5.02. The molecule has 1 saturated carbocycles. The molecule has 0 radical (unpaired) electrons. The number of fused-ring (bicyclic) bond motifs is 1. The number of amides is 1. The van der Waals surface area contributed by atoms with E-state index < -0.39 is 9.84 Å². The first kappa shape index (κ1) is 18.3. The Kier molecular flexibility index (Phi) is 5.41. The molecular formula is C17H22N2O4S2. The number of rotatable bonds is 5. The molecule has 2 aromatic rings. The Bertz CT molecular complexity index is 951. The predicted molar refractivity (Wildman–Crippen MR) is 97.3 cm³/mol. The molecule has 0 atom stereocenters. The molecule has 3 rings (SSSR count). The quantitative estimate of drug-likeness (QED) is 0.795. The summed E-state index contributed by atoms with van der Waals surface area (Å²) in [5.74, 6) is -0.0498. The van der Waals surface area contributed by atoms with E-state index in [0.717, 1.165) is 35.9 Å². The Morgan fingerprint density at radius 3 is 2.72 bits per heavy atom. The summed E-state index contributed by atoms with van der Waals surface area (Å²) in [6.07, 6.45) is 5.17. The number of ether oxygens (including phenoxy) is 1. The first-order chi connectivity index (χ1) is 11.9. The second-order valence-corrected chi connectivity index (χ2v) is 9.39. The lowest BCUT2D eigenvalue weighted by molar-refractivity contribution is -0.121. The van der Waals surface area contributed by atoms with Gasteiger partial charge in [0.1, 0.15) is 0 Å². The SMILES string of the molecule is COCCn1c(=NC(=O)C2CCCC2)sc2cc(S(C)(=O)=O)ccc21. The van der Waals surface area contributed by atoms with Crippen LogP contribution in [-0.4, -0.2) is 38.9 Å². The fourth-order valence-electron chi connectivity index (χ4n) is 3.13. The minimum Gasteiger partial charge on any atom is -0.383 e. The Morgan fingerprint density at radius 1 is 1.36 bits per heavy atom. The Labute approximate surface area is 151 Å². The molecule has 1 heterocycles. The first-order valence-electron chi connectivity index (χ1n) is 8.31. The zero-order chi connectivity index (χ0) is 18.0. The van der Waals surface area contributed by atoms with E-state index in [0.29, 0.717) is 18.0 Å². The third kappa shape index (κ3) is 4.02. The van der Waals surface area contributed by atoms with E-state index in [-0.39, 0.29) is 16.7 Å². The molecule has 1 aliphatic carbocycles. The highest BCUT2D eigenvalue weighted by Crippen LogP contribution is 2.26. The lowest BCUT2D eigenvalue weighted by Gasteiger charge is -2.06. The van der Waals surface area contributed by atoms with Crippen LogP contribution in [0.4, 0.5) is 0 Å². The fraction of sp³-hybridized carbons (Fsp3) is 0.529. The molecule has 25 heavy (non-hydrogen) atoms. The standard InChI is InChI=1S/C17H22N2O4S2/c1-23-10-9-19-14-8-7-13(25(2,21)22)11-15(14)24-17(19)18-16(20)12-5-3-4-6-12/h7-8,11-12H,3-6,9-10H2,1-2H3. The number of aromatic nitrogens is 1. The van der Waals surface area contributed by atoms with Gasteiger partial charge in [0.2, 0.25) is 0 Å². The highest BCUT2D eigenvalue weighted by molar-refractivity contribution is 7.90. The van der Waals surface area contributed by atoms with Gasteiger partial charge in [-0.25, -0.2) is 8.42 Å². The van der Waals surface area contributed by atoms with Crippen molar-refractivity contribution in [3.63, 3.8) is 0 Å². The zero-order valence-electron chi connectivity index (χ0n) is 14.4. The van der Waals surface area contributed by atoms with Gasteiger partial charge in [-0.15, -0.1) is 0 Å². The lowest BCUT2D eigenvalue weighted by atomic mass is 10.1. The van der Waals surface area contributed by atoms with Crippen molar-refractivity contribution < 1.29 is 17.9 Å². The van der Waals surface area contributed by atoms with Gasteiger partial charge in [0.05, 0.1) is 21.7 Å². The third-order valence-electron chi connectivity index (χ3n) is 4.51. The number of methoxy groups -OCH3 is 1. The molecule has 8 heteroatoms. The van der Waals surface area contributed by atoms with Crippen LogP contribution in [0, 0.1) is 5.92 Å². The van der Waals surface area contributed by atoms with Crippen molar-refractivity contribution in [2.24, 2.45) is 10.9 Å². The predicted octanol–water partition coefficient (Wildman–Crippen LogP) is 2.37. The van der Waals surface area contributed by atoms with Crippen LogP contribution in [0.1, 0.15) is 25.7 Å². The topological polar surface area (TPSA) is 77.7 Å². The second kappa shape index (κ2) is 7.39. The van der Waals surface area contributed by atoms with Crippen molar-refractivity contribution in [3.8, 4) is 0 Å². The van der Waals surface area contributed by atoms with Crippen LogP contribution >= 0.6 is 11.3 Å². The number of carbonyl (C=O) groups excluding carboxylic acids is 1. The van der Waals surface area contributed by atoms with Crippen LogP contribution in [0.25, 0.3) is 10.2 Å². The molecular weight excluding hydrogens is 360 g/mol. The average molecular weight is 383 g/mol. The molecule has 1 amide bonds. The molecule has 6 nitrogen and oxygen atoms in total. The first-order valence-corrected chi connectivity index (χ1v) is 11.0. The number of nitrogens with zero attached hydrogens (tertiary/aromatic N) is 2. The van der Waals surface area contributed by atoms with Crippen LogP contribution < -0.4 is 4.80 Å². The van der Waals surface area contributed by atoms with E-state index in [2.05, 4.69) is 4.99 Å². The van der Waals surface area contributed by atoms with Crippen molar-refractivity contribution in [2.75, 3.05) is 20.0 Å². The van der Waals surface area contributed by atoms with Crippen molar-refractivity contribution in [1.29, 1.82) is 0 Å². The van der Waals surface area contributed by atoms with Gasteiger partial charge in [0.25, 0.3) is 5.91 Å². The molecule has 0 spiro atoms. The van der Waals surface area contributed by atoms with Crippen molar-refractivity contribution in [1.82, 2.24) is 4.57 Å². The maximum absolute atomic E-state index is 12.4. The highest BCUT2D eigenvalue weighted by atomic mass is 32.2. The molecule has 0 saturated heterocycles. The highest BCUT2D eigenvalue weighted by Gasteiger charge is 2.22. The van der Waals surface area contributed by atoms with Crippen LogP contribution in [0.5, 0.6) is 0 Å². The lowest BCUT2D eigenvalue weighted by Crippen LogP contribution is -2.21. The van der Waals surface area contributed by atoms with Crippen LogP contribution in [0.3, 0.4) is 0 Å². The average Bonchev–Trinajstić information content (AvgIpc) is 3.19. The van der Waals surface area contributed by atoms with Gasteiger partial charge in [0.15, 0.2) is 14.6 Å². The summed E-state index contributed by atoms with van der Waals surface area (Å²) < 4.78 is 31.5. The van der Waals surface area contributed by atoms with Gasteiger partial charge >= 0.3 is 0 Å². The summed E-state index contributed by atoms with van der Waals surface area (Å²) in [6.45, 7) is 1.05. The third-order valence-corrected chi connectivity index (χ3v) is 6.66. The summed E-state index contributed by atoms with van der Waals surface area (Å²) in [7, 11) is -1.65. The van der Waals surface area contributed by atoms with E-state index >= 15 is 0 Å². The Hall–Kier alpha value is -1.51. The molecule has 136 valence electrons. The van der Waals surface area contributed by atoms with E-state index in [1.54, 1.807) is 25.3 Å². The van der Waals surface area contributed by atoms with Crippen LogP contribution in [-0.2, 0) is 25.9 Å².